The van der Waals surface area contributed by atoms with E-state index >= 15 is 0 Å². The summed E-state index contributed by atoms with van der Waals surface area (Å²) in [4.78, 5) is 18.1. The number of carbonyl (C=O) groups is 1. The first-order chi connectivity index (χ1) is 15.8. The van der Waals surface area contributed by atoms with Crippen molar-refractivity contribution >= 4 is 16.9 Å². The molecule has 0 atom stereocenters. The Balaban J connectivity index is 1.74. The zero-order valence-electron chi connectivity index (χ0n) is 19.8. The van der Waals surface area contributed by atoms with Gasteiger partial charge in [0.25, 0.3) is 0 Å². The quantitative estimate of drug-likeness (QED) is 0.304. The van der Waals surface area contributed by atoms with Crippen molar-refractivity contribution < 1.29 is 14.3 Å². The van der Waals surface area contributed by atoms with Crippen LogP contribution in [0.25, 0.3) is 22.2 Å². The number of pyridine rings is 1. The number of esters is 1. The van der Waals surface area contributed by atoms with Gasteiger partial charge in [0.05, 0.1) is 22.9 Å². The molecule has 168 valence electrons. The van der Waals surface area contributed by atoms with Gasteiger partial charge in [0.15, 0.2) is 0 Å². The second kappa shape index (κ2) is 9.45. The highest BCUT2D eigenvalue weighted by molar-refractivity contribution is 6.07. The van der Waals surface area contributed by atoms with Gasteiger partial charge in [-0.3, -0.25) is 0 Å². The molecular formula is C29H29NO3. The average molecular weight is 440 g/mol. The molecule has 3 aromatic carbocycles. The average Bonchev–Trinajstić information content (AvgIpc) is 2.78. The van der Waals surface area contributed by atoms with Crippen molar-refractivity contribution in [1.82, 2.24) is 4.98 Å². The highest BCUT2D eigenvalue weighted by Crippen LogP contribution is 2.33. The van der Waals surface area contributed by atoms with Crippen molar-refractivity contribution in [2.24, 2.45) is 0 Å². The summed E-state index contributed by atoms with van der Waals surface area (Å²) in [7, 11) is 0. The fourth-order valence-electron chi connectivity index (χ4n) is 4.08. The molecule has 0 spiro atoms. The summed E-state index contributed by atoms with van der Waals surface area (Å²) in [6.07, 6.45) is -0.199. The van der Waals surface area contributed by atoms with Crippen LogP contribution >= 0.6 is 0 Å². The number of hydrogen-bond acceptors (Lipinski definition) is 4. The Labute approximate surface area is 195 Å². The van der Waals surface area contributed by atoms with E-state index < -0.39 is 0 Å². The Kier molecular flexibility index (Phi) is 6.45. The lowest BCUT2D eigenvalue weighted by Gasteiger charge is -2.17. The lowest BCUT2D eigenvalue weighted by Crippen LogP contribution is -2.14. The van der Waals surface area contributed by atoms with Crippen molar-refractivity contribution in [3.63, 3.8) is 0 Å². The van der Waals surface area contributed by atoms with Gasteiger partial charge in [0, 0.05) is 10.9 Å². The number of aryl methyl sites for hydroxylation is 2. The molecule has 1 heterocycles. The van der Waals surface area contributed by atoms with Gasteiger partial charge >= 0.3 is 5.97 Å². The van der Waals surface area contributed by atoms with Crippen molar-refractivity contribution in [1.29, 1.82) is 0 Å². The summed E-state index contributed by atoms with van der Waals surface area (Å²) in [5, 5.41) is 0.835. The van der Waals surface area contributed by atoms with E-state index in [0.29, 0.717) is 12.2 Å². The number of nitrogens with zero attached hydrogens (tertiary/aromatic N) is 1. The molecule has 0 radical (unpaired) electrons. The SMILES string of the molecule is Cc1cc(C)c2nc(-c3ccc(OCc4ccccc4)cc3)c(C)c(C(=O)OC(C)C)c2c1. The standard InChI is InChI=1S/C29H29NO3/c1-18(2)33-29(31)26-21(5)28(30-27-20(4)15-19(3)16-25(26)27)23-11-13-24(14-12-23)32-17-22-9-7-6-8-10-22/h6-16,18H,17H2,1-5H3. The topological polar surface area (TPSA) is 48.4 Å². The zero-order chi connectivity index (χ0) is 23.5. The minimum absolute atomic E-state index is 0.199. The van der Waals surface area contributed by atoms with E-state index in [2.05, 4.69) is 6.07 Å². The van der Waals surface area contributed by atoms with Crippen LogP contribution in [0.15, 0.2) is 66.7 Å². The minimum Gasteiger partial charge on any atom is -0.489 e. The monoisotopic (exact) mass is 439 g/mol. The second-order valence-electron chi connectivity index (χ2n) is 8.69. The number of rotatable bonds is 6. The predicted octanol–water partition coefficient (Wildman–Crippen LogP) is 6.97. The van der Waals surface area contributed by atoms with Crippen LogP contribution in [0, 0.1) is 20.8 Å². The van der Waals surface area contributed by atoms with Crippen LogP contribution in [-0.4, -0.2) is 17.1 Å². The summed E-state index contributed by atoms with van der Waals surface area (Å²) in [6.45, 7) is 10.2. The van der Waals surface area contributed by atoms with Gasteiger partial charge in [-0.15, -0.1) is 0 Å². The molecule has 33 heavy (non-hydrogen) atoms. The minimum atomic E-state index is -0.316. The maximum atomic E-state index is 13.1. The lowest BCUT2D eigenvalue weighted by atomic mass is 9.95. The van der Waals surface area contributed by atoms with E-state index in [9.17, 15) is 4.79 Å². The molecule has 4 rings (SSSR count). The van der Waals surface area contributed by atoms with Gasteiger partial charge < -0.3 is 9.47 Å². The van der Waals surface area contributed by atoms with E-state index in [-0.39, 0.29) is 12.1 Å². The molecule has 4 nitrogen and oxygen atoms in total. The Morgan fingerprint density at radius 3 is 2.30 bits per heavy atom. The van der Waals surface area contributed by atoms with E-state index in [1.165, 1.54) is 0 Å². The van der Waals surface area contributed by atoms with Crippen LogP contribution in [-0.2, 0) is 11.3 Å². The first-order valence-corrected chi connectivity index (χ1v) is 11.2. The Morgan fingerprint density at radius 2 is 1.64 bits per heavy atom. The highest BCUT2D eigenvalue weighted by atomic mass is 16.5. The first-order valence-electron chi connectivity index (χ1n) is 11.2. The number of hydrogen-bond donors (Lipinski definition) is 0. The molecule has 0 saturated carbocycles. The molecule has 0 aliphatic heterocycles. The van der Waals surface area contributed by atoms with Gasteiger partial charge in [-0.1, -0.05) is 42.0 Å². The van der Waals surface area contributed by atoms with Crippen molar-refractivity contribution in [2.75, 3.05) is 0 Å². The molecule has 4 heteroatoms. The maximum absolute atomic E-state index is 13.1. The number of aromatic nitrogens is 1. The Bertz CT molecular complexity index is 1290. The predicted molar refractivity (Wildman–Crippen MR) is 133 cm³/mol. The number of carbonyl (C=O) groups excluding carboxylic acids is 1. The van der Waals surface area contributed by atoms with E-state index in [4.69, 9.17) is 14.5 Å². The molecule has 0 bridgehead atoms. The van der Waals surface area contributed by atoms with Crippen molar-refractivity contribution in [2.45, 2.75) is 47.3 Å². The molecule has 0 unspecified atom stereocenters. The molecule has 0 saturated heterocycles. The number of benzene rings is 3. The van der Waals surface area contributed by atoms with Gasteiger partial charge in [0.1, 0.15) is 12.4 Å². The van der Waals surface area contributed by atoms with Crippen LogP contribution in [0.3, 0.4) is 0 Å². The summed E-state index contributed by atoms with van der Waals surface area (Å²) < 4.78 is 11.5. The number of ether oxygens (including phenoxy) is 2. The summed E-state index contributed by atoms with van der Waals surface area (Å²) in [5.74, 6) is 0.469. The lowest BCUT2D eigenvalue weighted by molar-refractivity contribution is 0.0379. The maximum Gasteiger partial charge on any atom is 0.339 e. The first kappa shape index (κ1) is 22.5. The Morgan fingerprint density at radius 1 is 0.939 bits per heavy atom. The van der Waals surface area contributed by atoms with Gasteiger partial charge in [0.2, 0.25) is 0 Å². The summed E-state index contributed by atoms with van der Waals surface area (Å²) >= 11 is 0. The third-order valence-corrected chi connectivity index (χ3v) is 5.59. The van der Waals surface area contributed by atoms with Crippen molar-refractivity contribution in [3.05, 3.63) is 94.5 Å². The number of fused-ring (bicyclic) bond motifs is 1. The third-order valence-electron chi connectivity index (χ3n) is 5.59. The molecule has 0 N–H and O–H groups in total. The summed E-state index contributed by atoms with van der Waals surface area (Å²) in [5.41, 5.74) is 7.17. The van der Waals surface area contributed by atoms with Crippen LogP contribution in [0.2, 0.25) is 0 Å². The Hall–Kier alpha value is -3.66. The van der Waals surface area contributed by atoms with Gasteiger partial charge in [-0.25, -0.2) is 9.78 Å². The highest BCUT2D eigenvalue weighted by Gasteiger charge is 2.22. The van der Waals surface area contributed by atoms with Crippen LogP contribution < -0.4 is 4.74 Å². The molecule has 0 aliphatic carbocycles. The van der Waals surface area contributed by atoms with Crippen LogP contribution in [0.1, 0.15) is 46.5 Å². The van der Waals surface area contributed by atoms with Crippen LogP contribution in [0.5, 0.6) is 5.75 Å². The fraction of sp³-hybridized carbons (Fsp3) is 0.241. The zero-order valence-corrected chi connectivity index (χ0v) is 19.8. The molecule has 0 fully saturated rings. The molecule has 0 aliphatic rings. The second-order valence-corrected chi connectivity index (χ2v) is 8.69. The molecular weight excluding hydrogens is 410 g/mol. The summed E-state index contributed by atoms with van der Waals surface area (Å²) in [6, 6.07) is 22.0. The largest absolute Gasteiger partial charge is 0.489 e. The van der Waals surface area contributed by atoms with Gasteiger partial charge in [-0.2, -0.15) is 0 Å². The molecule has 1 aromatic heterocycles. The van der Waals surface area contributed by atoms with Gasteiger partial charge in [-0.05, 0) is 81.6 Å². The molecule has 0 amide bonds. The normalized spacial score (nSPS) is 11.1. The van der Waals surface area contributed by atoms with E-state index in [1.807, 2.05) is 95.3 Å². The fourth-order valence-corrected chi connectivity index (χ4v) is 4.08. The smallest absolute Gasteiger partial charge is 0.339 e. The molecule has 4 aromatic rings. The van der Waals surface area contributed by atoms with E-state index in [1.54, 1.807) is 0 Å². The van der Waals surface area contributed by atoms with E-state index in [0.717, 1.165) is 50.2 Å². The third kappa shape index (κ3) is 4.90. The van der Waals surface area contributed by atoms with Crippen LogP contribution in [0.4, 0.5) is 0 Å². The van der Waals surface area contributed by atoms with Crippen molar-refractivity contribution in [3.8, 4) is 17.0 Å².